The smallest absolute Gasteiger partial charge is 0.408 e. The van der Waals surface area contributed by atoms with Gasteiger partial charge in [-0.2, -0.15) is 0 Å². The molecule has 3 heterocycles. The zero-order valence-electron chi connectivity index (χ0n) is 38.1. The fraction of sp³-hybridized carbons (Fsp3) is 0.412. The Hall–Kier alpha value is -6.70. The lowest BCUT2D eigenvalue weighted by Gasteiger charge is -2.33. The number of alkyl carbamates (subject to hydrolysis) is 2. The molecule has 4 N–H and O–H groups in total. The normalized spacial score (nSPS) is 19.3. The van der Waals surface area contributed by atoms with Crippen molar-refractivity contribution in [3.8, 4) is 22.4 Å². The van der Waals surface area contributed by atoms with Crippen LogP contribution in [0.25, 0.3) is 22.4 Å². The van der Waals surface area contributed by atoms with Gasteiger partial charge >= 0.3 is 12.2 Å². The van der Waals surface area contributed by atoms with Crippen LogP contribution in [0.4, 0.5) is 9.59 Å². The Morgan fingerprint density at radius 3 is 2.00 bits per heavy atom. The summed E-state index contributed by atoms with van der Waals surface area (Å²) < 4.78 is 11.0. The van der Waals surface area contributed by atoms with Gasteiger partial charge in [-0.25, -0.2) is 14.6 Å². The van der Waals surface area contributed by atoms with E-state index in [9.17, 15) is 24.0 Å². The second-order valence-electron chi connectivity index (χ2n) is 18.9. The molecular formula is C51H61N7O7. The third-order valence-electron chi connectivity index (χ3n) is 11.7. The first-order chi connectivity index (χ1) is 31.0. The number of hydrogen-bond acceptors (Lipinski definition) is 8. The largest absolute Gasteiger partial charge is 0.444 e. The number of likely N-dealkylation sites (tertiary alicyclic amines) is 2. The van der Waals surface area contributed by atoms with Gasteiger partial charge < -0.3 is 40.2 Å². The van der Waals surface area contributed by atoms with Crippen LogP contribution < -0.4 is 16.0 Å². The number of amides is 5. The fourth-order valence-electron chi connectivity index (χ4n) is 8.61. The summed E-state index contributed by atoms with van der Waals surface area (Å²) in [6.45, 7) is 12.1. The van der Waals surface area contributed by atoms with Gasteiger partial charge in [0.2, 0.25) is 5.91 Å². The zero-order chi connectivity index (χ0) is 46.3. The maximum absolute atomic E-state index is 14.1. The molecule has 0 bridgehead atoms. The van der Waals surface area contributed by atoms with Crippen molar-refractivity contribution >= 4 is 29.9 Å². The van der Waals surface area contributed by atoms with Crippen molar-refractivity contribution < 1.29 is 33.4 Å². The summed E-state index contributed by atoms with van der Waals surface area (Å²) in [5.74, 6) is -0.186. The van der Waals surface area contributed by atoms with Gasteiger partial charge in [-0.05, 0) is 108 Å². The van der Waals surface area contributed by atoms with E-state index in [4.69, 9.17) is 14.5 Å². The van der Waals surface area contributed by atoms with Gasteiger partial charge in [-0.3, -0.25) is 14.4 Å². The molecule has 2 saturated heterocycles. The first-order valence-corrected chi connectivity index (χ1v) is 22.6. The van der Waals surface area contributed by atoms with Crippen molar-refractivity contribution in [2.45, 2.75) is 109 Å². The number of benzene rings is 3. The van der Waals surface area contributed by atoms with Crippen LogP contribution in [0.15, 0.2) is 109 Å². The summed E-state index contributed by atoms with van der Waals surface area (Å²) in [6, 6.07) is 22.4. The minimum Gasteiger partial charge on any atom is -0.444 e. The molecule has 1 aromatic heterocycles. The second-order valence-corrected chi connectivity index (χ2v) is 18.9. The lowest BCUT2D eigenvalue weighted by atomic mass is 9.91. The van der Waals surface area contributed by atoms with Crippen LogP contribution in [0.3, 0.4) is 0 Å². The maximum Gasteiger partial charge on any atom is 0.408 e. The molecule has 3 aliphatic rings. The van der Waals surface area contributed by atoms with E-state index in [-0.39, 0.29) is 42.3 Å². The van der Waals surface area contributed by atoms with Crippen LogP contribution in [-0.2, 0) is 19.1 Å². The molecular weight excluding hydrogens is 823 g/mol. The number of imidazole rings is 1. The van der Waals surface area contributed by atoms with Crippen molar-refractivity contribution in [1.82, 2.24) is 35.7 Å². The Balaban J connectivity index is 0.955. The molecule has 2 fully saturated rings. The molecule has 1 aliphatic carbocycles. The number of carbonyl (C=O) groups is 5. The van der Waals surface area contributed by atoms with Crippen LogP contribution in [-0.4, -0.2) is 92.6 Å². The molecule has 5 amide bonds. The average Bonchev–Trinajstić information content (AvgIpc) is 4.08. The van der Waals surface area contributed by atoms with Gasteiger partial charge in [-0.15, -0.1) is 0 Å². The molecule has 0 radical (unpaired) electrons. The average molecular weight is 884 g/mol. The maximum atomic E-state index is 14.1. The Labute approximate surface area is 381 Å². The van der Waals surface area contributed by atoms with Crippen molar-refractivity contribution in [3.63, 3.8) is 0 Å². The van der Waals surface area contributed by atoms with Crippen molar-refractivity contribution in [2.24, 2.45) is 5.92 Å². The number of aromatic nitrogens is 2. The van der Waals surface area contributed by atoms with Crippen molar-refractivity contribution in [1.29, 1.82) is 0 Å². The summed E-state index contributed by atoms with van der Waals surface area (Å²) in [7, 11) is 0. The van der Waals surface area contributed by atoms with E-state index in [1.165, 1.54) is 0 Å². The van der Waals surface area contributed by atoms with Gasteiger partial charge in [-0.1, -0.05) is 91.0 Å². The van der Waals surface area contributed by atoms with Gasteiger partial charge in [0.15, 0.2) is 0 Å². The SMILES string of the molecule is CC(C)(C)OC(=O)N[C@@H](C(=O)N1CCC[C@H]1c1ncc(-c2ccc(-c3ccc(C(=O)NC[C@@H]4CCCN4C(=O)[C@H](NC(=O)OC(C)(C)C)C4C=CC=CC4)cc3)cc2)[nH]1)c1ccccc1. The molecule has 7 rings (SSSR count). The molecule has 1 unspecified atom stereocenters. The van der Waals surface area contributed by atoms with E-state index in [2.05, 4.69) is 20.9 Å². The van der Waals surface area contributed by atoms with E-state index < -0.39 is 35.5 Å². The Morgan fingerprint density at radius 1 is 0.738 bits per heavy atom. The molecule has 14 heteroatoms. The number of carbonyl (C=O) groups excluding carboxylic acids is 5. The molecule has 342 valence electrons. The monoisotopic (exact) mass is 883 g/mol. The molecule has 4 aromatic rings. The van der Waals surface area contributed by atoms with Gasteiger partial charge in [0, 0.05) is 37.2 Å². The number of nitrogens with zero attached hydrogens (tertiary/aromatic N) is 3. The number of nitrogens with one attached hydrogen (secondary N) is 4. The van der Waals surface area contributed by atoms with Crippen molar-refractivity contribution in [3.05, 3.63) is 126 Å². The van der Waals surface area contributed by atoms with E-state index in [0.29, 0.717) is 36.5 Å². The lowest BCUT2D eigenvalue weighted by molar-refractivity contribution is -0.135. The topological polar surface area (TPSA) is 175 Å². The third kappa shape index (κ3) is 11.9. The Kier molecular flexibility index (Phi) is 14.2. The number of H-pyrrole nitrogens is 1. The first-order valence-electron chi connectivity index (χ1n) is 22.6. The quantitative estimate of drug-likeness (QED) is 0.110. The predicted octanol–water partition coefficient (Wildman–Crippen LogP) is 8.42. The number of rotatable bonds is 12. The third-order valence-corrected chi connectivity index (χ3v) is 11.7. The molecule has 0 spiro atoms. The highest BCUT2D eigenvalue weighted by Crippen LogP contribution is 2.35. The fourth-order valence-corrected chi connectivity index (χ4v) is 8.61. The molecule has 5 atom stereocenters. The second kappa shape index (κ2) is 20.0. The molecule has 2 aliphatic heterocycles. The van der Waals surface area contributed by atoms with Gasteiger partial charge in [0.25, 0.3) is 11.8 Å². The minimum atomic E-state index is -0.921. The number of ether oxygens (including phenoxy) is 2. The van der Waals surface area contributed by atoms with E-state index in [1.54, 1.807) is 69.7 Å². The summed E-state index contributed by atoms with van der Waals surface area (Å²) in [4.78, 5) is 78.9. The summed E-state index contributed by atoms with van der Waals surface area (Å²) in [5.41, 5.74) is 3.38. The highest BCUT2D eigenvalue weighted by molar-refractivity contribution is 5.95. The van der Waals surface area contributed by atoms with Crippen molar-refractivity contribution in [2.75, 3.05) is 19.6 Å². The highest BCUT2D eigenvalue weighted by Gasteiger charge is 2.39. The highest BCUT2D eigenvalue weighted by atomic mass is 16.6. The zero-order valence-corrected chi connectivity index (χ0v) is 38.1. The molecule has 14 nitrogen and oxygen atoms in total. The van der Waals surface area contributed by atoms with Crippen LogP contribution in [0.2, 0.25) is 0 Å². The van der Waals surface area contributed by atoms with Crippen LogP contribution in [0.5, 0.6) is 0 Å². The van der Waals surface area contributed by atoms with Crippen LogP contribution in [0, 0.1) is 5.92 Å². The number of allylic oxidation sites excluding steroid dienone is 3. The summed E-state index contributed by atoms with van der Waals surface area (Å²) in [5, 5.41) is 8.68. The molecule has 0 saturated carbocycles. The standard InChI is InChI=1S/C51H61N7O7/c1-50(2,3)64-48(62)55-42(36-15-9-7-10-16-36)46(60)57-29-13-19-39(57)31-53-45(59)38-27-23-34(24-28-38)33-21-25-35(26-22-33)40-32-52-44(54-40)41-20-14-30-58(41)47(61)43(37-17-11-8-12-18-37)56-49(63)65-51(4,5)6/h7-12,15,17-18,21-28,32,36,39,41-43H,13-14,16,19-20,29-31H2,1-6H3,(H,52,54)(H,53,59)(H,55,62)(H,56,63)/t36?,39-,41-,42+,43+/m0/s1. The minimum absolute atomic E-state index is 0.184. The van der Waals surface area contributed by atoms with E-state index >= 15 is 0 Å². The molecule has 65 heavy (non-hydrogen) atoms. The van der Waals surface area contributed by atoms with E-state index in [0.717, 1.165) is 48.1 Å². The van der Waals surface area contributed by atoms with Gasteiger partial charge in [0.05, 0.1) is 17.9 Å². The summed E-state index contributed by atoms with van der Waals surface area (Å²) >= 11 is 0. The Morgan fingerprint density at radius 2 is 1.35 bits per heavy atom. The number of aromatic amines is 1. The first kappa shape index (κ1) is 46.3. The predicted molar refractivity (Wildman–Crippen MR) is 248 cm³/mol. The van der Waals surface area contributed by atoms with Crippen LogP contribution >= 0.6 is 0 Å². The van der Waals surface area contributed by atoms with Crippen LogP contribution in [0.1, 0.15) is 107 Å². The summed E-state index contributed by atoms with van der Waals surface area (Å²) in [6.07, 6.45) is 11.9. The van der Waals surface area contributed by atoms with E-state index in [1.807, 2.05) is 91.0 Å². The lowest BCUT2D eigenvalue weighted by Crippen LogP contribution is -2.55. The number of hydrogen-bond donors (Lipinski definition) is 4. The Bertz CT molecular complexity index is 2380. The molecule has 3 aromatic carbocycles. The van der Waals surface area contributed by atoms with Gasteiger partial charge in [0.1, 0.15) is 29.1 Å².